The molecule has 1 fully saturated rings. The van der Waals surface area contributed by atoms with Crippen molar-refractivity contribution in [2.75, 3.05) is 13.6 Å². The van der Waals surface area contributed by atoms with Gasteiger partial charge in [0, 0.05) is 18.9 Å². The van der Waals surface area contributed by atoms with Crippen LogP contribution in [0.2, 0.25) is 0 Å². The fraction of sp³-hybridized carbons (Fsp3) is 0.500. The van der Waals surface area contributed by atoms with Crippen molar-refractivity contribution in [1.82, 2.24) is 10.6 Å². The summed E-state index contributed by atoms with van der Waals surface area (Å²) in [6.07, 6.45) is 1.96. The van der Waals surface area contributed by atoms with Gasteiger partial charge in [-0.3, -0.25) is 0 Å². The lowest BCUT2D eigenvalue weighted by atomic mass is 10.7. The van der Waals surface area contributed by atoms with E-state index in [0.29, 0.717) is 0 Å². The standard InChI is InChI=1S/C4H8N2/c1-5-2-4-3-6-4/h2,5-6H,3H2,1H3/b4-2-. The van der Waals surface area contributed by atoms with Crippen molar-refractivity contribution in [2.24, 2.45) is 0 Å². The Labute approximate surface area is 37.2 Å². The van der Waals surface area contributed by atoms with Gasteiger partial charge in [-0.1, -0.05) is 0 Å². The molecule has 1 aliphatic heterocycles. The summed E-state index contributed by atoms with van der Waals surface area (Å²) in [5, 5.41) is 5.94. The van der Waals surface area contributed by atoms with Gasteiger partial charge in [0.1, 0.15) is 0 Å². The lowest BCUT2D eigenvalue weighted by Gasteiger charge is -1.75. The van der Waals surface area contributed by atoms with Crippen LogP contribution in [0.1, 0.15) is 0 Å². The SMILES string of the molecule is CN/C=C1/CN1. The summed E-state index contributed by atoms with van der Waals surface area (Å²) in [7, 11) is 1.90. The van der Waals surface area contributed by atoms with Crippen molar-refractivity contribution in [3.05, 3.63) is 11.9 Å². The predicted molar refractivity (Wildman–Crippen MR) is 25.1 cm³/mol. The fourth-order valence-electron chi connectivity index (χ4n) is 0.327. The van der Waals surface area contributed by atoms with Crippen LogP contribution < -0.4 is 10.6 Å². The van der Waals surface area contributed by atoms with E-state index in [0.717, 1.165) is 6.54 Å². The summed E-state index contributed by atoms with van der Waals surface area (Å²) in [6.45, 7) is 1.07. The molecular formula is C4H8N2. The van der Waals surface area contributed by atoms with Crippen LogP contribution >= 0.6 is 0 Å². The molecule has 0 saturated carbocycles. The number of hydrogen-bond donors (Lipinski definition) is 2. The molecule has 0 aliphatic carbocycles. The first-order chi connectivity index (χ1) is 2.93. The van der Waals surface area contributed by atoms with Crippen molar-refractivity contribution in [2.45, 2.75) is 0 Å². The molecule has 0 atom stereocenters. The predicted octanol–water partition coefficient (Wildman–Crippen LogP) is -0.350. The van der Waals surface area contributed by atoms with Gasteiger partial charge in [0.25, 0.3) is 0 Å². The van der Waals surface area contributed by atoms with Crippen LogP contribution in [-0.4, -0.2) is 13.6 Å². The minimum absolute atomic E-state index is 1.07. The van der Waals surface area contributed by atoms with Crippen LogP contribution in [0.15, 0.2) is 11.9 Å². The summed E-state index contributed by atoms with van der Waals surface area (Å²) < 4.78 is 0. The maximum absolute atomic E-state index is 3.03. The van der Waals surface area contributed by atoms with E-state index in [1.54, 1.807) is 0 Å². The molecule has 0 radical (unpaired) electrons. The van der Waals surface area contributed by atoms with E-state index in [1.807, 2.05) is 13.2 Å². The largest absolute Gasteiger partial charge is 0.393 e. The van der Waals surface area contributed by atoms with Gasteiger partial charge in [-0.15, -0.1) is 0 Å². The topological polar surface area (TPSA) is 34.0 Å². The molecule has 2 N–H and O–H groups in total. The van der Waals surface area contributed by atoms with Gasteiger partial charge in [-0.05, 0) is 0 Å². The molecule has 1 heterocycles. The third-order valence-corrected chi connectivity index (χ3v) is 0.699. The summed E-state index contributed by atoms with van der Waals surface area (Å²) in [4.78, 5) is 0. The average Bonchev–Trinajstić information content (AvgIpc) is 2.21. The third kappa shape index (κ3) is 0.641. The third-order valence-electron chi connectivity index (χ3n) is 0.699. The molecule has 0 aromatic rings. The van der Waals surface area contributed by atoms with E-state index in [9.17, 15) is 0 Å². The molecule has 1 aliphatic rings. The van der Waals surface area contributed by atoms with Crippen LogP contribution in [0.5, 0.6) is 0 Å². The lowest BCUT2D eigenvalue weighted by Crippen LogP contribution is -1.91. The maximum atomic E-state index is 3.03. The first kappa shape index (κ1) is 3.53. The van der Waals surface area contributed by atoms with Crippen LogP contribution in [0.4, 0.5) is 0 Å². The van der Waals surface area contributed by atoms with E-state index in [4.69, 9.17) is 0 Å². The highest BCUT2D eigenvalue weighted by Gasteiger charge is 2.05. The van der Waals surface area contributed by atoms with Gasteiger partial charge < -0.3 is 10.6 Å². The molecule has 0 bridgehead atoms. The Bertz CT molecular complexity index is 69.6. The van der Waals surface area contributed by atoms with Crippen LogP contribution in [0.3, 0.4) is 0 Å². The minimum Gasteiger partial charge on any atom is -0.393 e. The van der Waals surface area contributed by atoms with E-state index in [-0.39, 0.29) is 0 Å². The molecular weight excluding hydrogens is 76.1 g/mol. The number of hydrogen-bond acceptors (Lipinski definition) is 2. The highest BCUT2D eigenvalue weighted by molar-refractivity contribution is 5.14. The van der Waals surface area contributed by atoms with Crippen LogP contribution in [-0.2, 0) is 0 Å². The molecule has 2 nitrogen and oxygen atoms in total. The smallest absolute Gasteiger partial charge is 0.0560 e. The van der Waals surface area contributed by atoms with Crippen LogP contribution in [0.25, 0.3) is 0 Å². The molecule has 0 aromatic heterocycles. The Morgan fingerprint density at radius 1 is 2.00 bits per heavy atom. The van der Waals surface area contributed by atoms with Crippen LogP contribution in [0, 0.1) is 0 Å². The summed E-state index contributed by atoms with van der Waals surface area (Å²) in [6, 6.07) is 0. The monoisotopic (exact) mass is 84.1 g/mol. The quantitative estimate of drug-likeness (QED) is 0.426. The molecule has 0 unspecified atom stereocenters. The molecule has 1 saturated heterocycles. The van der Waals surface area contributed by atoms with E-state index < -0.39 is 0 Å². The van der Waals surface area contributed by atoms with Crippen molar-refractivity contribution in [3.63, 3.8) is 0 Å². The van der Waals surface area contributed by atoms with Gasteiger partial charge >= 0.3 is 0 Å². The summed E-state index contributed by atoms with van der Waals surface area (Å²) in [5.41, 5.74) is 1.30. The first-order valence-electron chi connectivity index (χ1n) is 2.03. The second kappa shape index (κ2) is 1.20. The molecule has 6 heavy (non-hydrogen) atoms. The highest BCUT2D eigenvalue weighted by Crippen LogP contribution is 1.96. The van der Waals surface area contributed by atoms with Crippen molar-refractivity contribution in [1.29, 1.82) is 0 Å². The van der Waals surface area contributed by atoms with Gasteiger partial charge in [-0.25, -0.2) is 0 Å². The van der Waals surface area contributed by atoms with Crippen molar-refractivity contribution in [3.8, 4) is 0 Å². The lowest BCUT2D eigenvalue weighted by molar-refractivity contribution is 1.09. The molecule has 34 valence electrons. The van der Waals surface area contributed by atoms with E-state index >= 15 is 0 Å². The Kier molecular flexibility index (Phi) is 0.708. The Morgan fingerprint density at radius 3 is 2.83 bits per heavy atom. The van der Waals surface area contributed by atoms with E-state index in [1.165, 1.54) is 5.70 Å². The molecule has 0 spiro atoms. The molecule has 1 rings (SSSR count). The van der Waals surface area contributed by atoms with Crippen molar-refractivity contribution >= 4 is 0 Å². The Hall–Kier alpha value is -0.660. The van der Waals surface area contributed by atoms with Gasteiger partial charge in [-0.2, -0.15) is 0 Å². The fourth-order valence-corrected chi connectivity index (χ4v) is 0.327. The van der Waals surface area contributed by atoms with Gasteiger partial charge in [0.2, 0.25) is 0 Å². The number of rotatable bonds is 1. The molecule has 2 heteroatoms. The summed E-state index contributed by atoms with van der Waals surface area (Å²) in [5.74, 6) is 0. The Balaban J connectivity index is 2.24. The second-order valence-electron chi connectivity index (χ2n) is 1.31. The average molecular weight is 84.1 g/mol. The zero-order chi connectivity index (χ0) is 4.41. The maximum Gasteiger partial charge on any atom is 0.0560 e. The zero-order valence-corrected chi connectivity index (χ0v) is 3.78. The van der Waals surface area contributed by atoms with Gasteiger partial charge in [0.15, 0.2) is 0 Å². The van der Waals surface area contributed by atoms with Gasteiger partial charge in [0.05, 0.1) is 6.54 Å². The normalized spacial score (nSPS) is 23.2. The zero-order valence-electron chi connectivity index (χ0n) is 3.78. The molecule has 0 amide bonds. The number of nitrogens with one attached hydrogen (secondary N) is 2. The Morgan fingerprint density at radius 2 is 2.67 bits per heavy atom. The summed E-state index contributed by atoms with van der Waals surface area (Å²) >= 11 is 0. The minimum atomic E-state index is 1.07. The first-order valence-corrected chi connectivity index (χ1v) is 2.03. The second-order valence-corrected chi connectivity index (χ2v) is 1.31. The van der Waals surface area contributed by atoms with Crippen molar-refractivity contribution < 1.29 is 0 Å². The highest BCUT2D eigenvalue weighted by atomic mass is 15.1. The molecule has 0 aromatic carbocycles. The van der Waals surface area contributed by atoms with E-state index in [2.05, 4.69) is 10.6 Å².